The van der Waals surface area contributed by atoms with E-state index in [2.05, 4.69) is 0 Å². The van der Waals surface area contributed by atoms with Gasteiger partial charge in [0.25, 0.3) is 0 Å². The summed E-state index contributed by atoms with van der Waals surface area (Å²) in [6.07, 6.45) is 0.770. The first-order valence-corrected chi connectivity index (χ1v) is 11.1. The van der Waals surface area contributed by atoms with Gasteiger partial charge in [0.1, 0.15) is 5.69 Å². The number of nitrogens with zero attached hydrogens (tertiary/aromatic N) is 2. The number of ether oxygens (including phenoxy) is 3. The highest BCUT2D eigenvalue weighted by Crippen LogP contribution is 2.38. The maximum Gasteiger partial charge on any atom is 0.354 e. The zero-order valence-electron chi connectivity index (χ0n) is 18.4. The first-order chi connectivity index (χ1) is 16.6. The van der Waals surface area contributed by atoms with Gasteiger partial charge in [-0.3, -0.25) is 9.69 Å². The molecular formula is C26H21ClN2O5. The van der Waals surface area contributed by atoms with Crippen LogP contribution in [0, 0.1) is 0 Å². The largest absolute Gasteiger partial charge is 0.461 e. The summed E-state index contributed by atoms with van der Waals surface area (Å²) in [6, 6.07) is 20.3. The molecule has 1 amide bonds. The van der Waals surface area contributed by atoms with Gasteiger partial charge in [0, 0.05) is 33.4 Å². The Morgan fingerprint density at radius 2 is 1.82 bits per heavy atom. The summed E-state index contributed by atoms with van der Waals surface area (Å²) in [5, 5.41) is 1.30. The molecule has 34 heavy (non-hydrogen) atoms. The van der Waals surface area contributed by atoms with Crippen molar-refractivity contribution >= 4 is 46.3 Å². The third-order valence-electron chi connectivity index (χ3n) is 5.66. The molecule has 0 spiro atoms. The molecular weight excluding hydrogens is 456 g/mol. The highest BCUT2D eigenvalue weighted by Gasteiger charge is 2.21. The van der Waals surface area contributed by atoms with Crippen LogP contribution in [-0.2, 0) is 16.1 Å². The van der Waals surface area contributed by atoms with Crippen molar-refractivity contribution in [2.75, 3.05) is 18.3 Å². The predicted molar refractivity (Wildman–Crippen MR) is 129 cm³/mol. The molecule has 0 unspecified atom stereocenters. The fraction of sp³-hybridized carbons (Fsp3) is 0.154. The Hall–Kier alpha value is -3.97. The van der Waals surface area contributed by atoms with Crippen LogP contribution in [0.15, 0.2) is 66.7 Å². The van der Waals surface area contributed by atoms with Crippen LogP contribution < -0.4 is 14.4 Å². The predicted octanol–water partition coefficient (Wildman–Crippen LogP) is 5.54. The van der Waals surface area contributed by atoms with Gasteiger partial charge in [-0.2, -0.15) is 0 Å². The van der Waals surface area contributed by atoms with Crippen molar-refractivity contribution in [3.8, 4) is 11.5 Å². The van der Waals surface area contributed by atoms with Crippen LogP contribution in [0.4, 0.5) is 11.4 Å². The molecule has 0 radical (unpaired) electrons. The standard InChI is InChI=1S/C26H21ClN2O5/c1-2-32-26(31)23-11-17-10-20(29(15-30)19-6-4-3-5-7-19)8-9-22(17)28(23)14-18-12-24-25(13-21(18)27)34-16-33-24/h3-13,15H,2,14,16H2,1H3. The molecule has 3 aromatic carbocycles. The van der Waals surface area contributed by atoms with Crippen molar-refractivity contribution in [3.63, 3.8) is 0 Å². The van der Waals surface area contributed by atoms with Gasteiger partial charge in [-0.1, -0.05) is 29.8 Å². The van der Waals surface area contributed by atoms with Gasteiger partial charge in [-0.15, -0.1) is 0 Å². The number of carbonyl (C=O) groups is 2. The molecule has 0 fully saturated rings. The number of rotatable bonds is 7. The molecule has 4 aromatic rings. The Morgan fingerprint density at radius 1 is 1.06 bits per heavy atom. The summed E-state index contributed by atoms with van der Waals surface area (Å²) in [6.45, 7) is 2.48. The van der Waals surface area contributed by atoms with Crippen LogP contribution in [0.5, 0.6) is 11.5 Å². The quantitative estimate of drug-likeness (QED) is 0.258. The number of benzene rings is 3. The SMILES string of the molecule is CCOC(=O)c1cc2cc(N(C=O)c3ccccc3)ccc2n1Cc1cc2c(cc1Cl)OCO2. The van der Waals surface area contributed by atoms with E-state index in [-0.39, 0.29) is 13.4 Å². The van der Waals surface area contributed by atoms with Gasteiger partial charge < -0.3 is 18.8 Å². The molecule has 2 heterocycles. The lowest BCUT2D eigenvalue weighted by Crippen LogP contribution is -2.14. The van der Waals surface area contributed by atoms with Crippen molar-refractivity contribution in [3.05, 3.63) is 83.0 Å². The Kier molecular flexibility index (Phi) is 5.86. The maximum absolute atomic E-state index is 12.8. The van der Waals surface area contributed by atoms with E-state index in [1.54, 1.807) is 24.0 Å². The fourth-order valence-corrected chi connectivity index (χ4v) is 4.28. The zero-order chi connectivity index (χ0) is 23.7. The van der Waals surface area contributed by atoms with Crippen molar-refractivity contribution in [2.45, 2.75) is 13.5 Å². The summed E-state index contributed by atoms with van der Waals surface area (Å²) < 4.78 is 18.0. The Balaban J connectivity index is 1.60. The smallest absolute Gasteiger partial charge is 0.354 e. The molecule has 0 saturated carbocycles. The first kappa shape index (κ1) is 21.9. The average molecular weight is 477 g/mol. The van der Waals surface area contributed by atoms with Gasteiger partial charge in [-0.05, 0) is 55.0 Å². The molecule has 1 aromatic heterocycles. The number of esters is 1. The van der Waals surface area contributed by atoms with Gasteiger partial charge in [0.15, 0.2) is 11.5 Å². The van der Waals surface area contributed by atoms with E-state index in [1.165, 1.54) is 0 Å². The first-order valence-electron chi connectivity index (χ1n) is 10.8. The van der Waals surface area contributed by atoms with Crippen LogP contribution in [0.3, 0.4) is 0 Å². The molecule has 5 rings (SSSR count). The highest BCUT2D eigenvalue weighted by atomic mass is 35.5. The maximum atomic E-state index is 12.8. The summed E-state index contributed by atoms with van der Waals surface area (Å²) in [4.78, 5) is 26.2. The second-order valence-corrected chi connectivity index (χ2v) is 8.09. The number of carbonyl (C=O) groups excluding carboxylic acids is 2. The molecule has 8 heteroatoms. The Labute approximate surface area is 201 Å². The average Bonchev–Trinajstić information content (AvgIpc) is 3.44. The number of fused-ring (bicyclic) bond motifs is 2. The molecule has 1 aliphatic heterocycles. The summed E-state index contributed by atoms with van der Waals surface area (Å²) in [5.41, 5.74) is 3.40. The van der Waals surface area contributed by atoms with Crippen molar-refractivity contribution in [1.29, 1.82) is 0 Å². The van der Waals surface area contributed by atoms with E-state index >= 15 is 0 Å². The number of para-hydroxylation sites is 1. The number of anilines is 2. The molecule has 0 atom stereocenters. The molecule has 172 valence electrons. The molecule has 1 aliphatic rings. The number of amides is 1. The Morgan fingerprint density at radius 3 is 2.56 bits per heavy atom. The van der Waals surface area contributed by atoms with Gasteiger partial charge in [0.05, 0.1) is 13.2 Å². The van der Waals surface area contributed by atoms with Crippen molar-refractivity contribution in [2.24, 2.45) is 0 Å². The molecule has 7 nitrogen and oxygen atoms in total. The number of halogens is 1. The van der Waals surface area contributed by atoms with Crippen LogP contribution in [-0.4, -0.2) is 30.3 Å². The third kappa shape index (κ3) is 3.95. The second-order valence-electron chi connectivity index (χ2n) is 7.69. The third-order valence-corrected chi connectivity index (χ3v) is 6.01. The second kappa shape index (κ2) is 9.11. The molecule has 0 bridgehead atoms. The van der Waals surface area contributed by atoms with Crippen LogP contribution >= 0.6 is 11.6 Å². The minimum Gasteiger partial charge on any atom is -0.461 e. The number of hydrogen-bond acceptors (Lipinski definition) is 5. The van der Waals surface area contributed by atoms with E-state index in [1.807, 2.05) is 59.2 Å². The molecule has 0 N–H and O–H groups in total. The van der Waals surface area contributed by atoms with E-state index in [9.17, 15) is 9.59 Å². The lowest BCUT2D eigenvalue weighted by atomic mass is 10.2. The van der Waals surface area contributed by atoms with Gasteiger partial charge >= 0.3 is 5.97 Å². The Bertz CT molecular complexity index is 1380. The van der Waals surface area contributed by atoms with Crippen LogP contribution in [0.25, 0.3) is 10.9 Å². The fourth-order valence-electron chi connectivity index (χ4n) is 4.06. The highest BCUT2D eigenvalue weighted by molar-refractivity contribution is 6.31. The van der Waals surface area contributed by atoms with E-state index in [0.717, 1.165) is 28.6 Å². The van der Waals surface area contributed by atoms with E-state index in [4.69, 9.17) is 25.8 Å². The van der Waals surface area contributed by atoms with Crippen molar-refractivity contribution < 1.29 is 23.8 Å². The van der Waals surface area contributed by atoms with Crippen LogP contribution in [0.1, 0.15) is 23.0 Å². The summed E-state index contributed by atoms with van der Waals surface area (Å²) in [5.74, 6) is 0.768. The number of hydrogen-bond donors (Lipinski definition) is 0. The lowest BCUT2D eigenvalue weighted by Gasteiger charge is -2.18. The van der Waals surface area contributed by atoms with Gasteiger partial charge in [0.2, 0.25) is 13.2 Å². The lowest BCUT2D eigenvalue weighted by molar-refractivity contribution is -0.106. The monoisotopic (exact) mass is 476 g/mol. The zero-order valence-corrected chi connectivity index (χ0v) is 19.1. The van der Waals surface area contributed by atoms with Crippen LogP contribution in [0.2, 0.25) is 5.02 Å². The molecule has 0 saturated heterocycles. The van der Waals surface area contributed by atoms with E-state index in [0.29, 0.717) is 34.4 Å². The topological polar surface area (TPSA) is 70.0 Å². The minimum absolute atomic E-state index is 0.146. The van der Waals surface area contributed by atoms with E-state index < -0.39 is 5.97 Å². The normalized spacial score (nSPS) is 12.1. The van der Waals surface area contributed by atoms with Gasteiger partial charge in [-0.25, -0.2) is 4.79 Å². The summed E-state index contributed by atoms with van der Waals surface area (Å²) in [7, 11) is 0. The minimum atomic E-state index is -0.438. The van der Waals surface area contributed by atoms with Crippen molar-refractivity contribution in [1.82, 2.24) is 4.57 Å². The molecule has 0 aliphatic carbocycles. The number of aromatic nitrogens is 1. The summed E-state index contributed by atoms with van der Waals surface area (Å²) >= 11 is 6.51.